The van der Waals surface area contributed by atoms with Crippen LogP contribution in [0.4, 0.5) is 0 Å². The van der Waals surface area contributed by atoms with Gasteiger partial charge in [0.2, 0.25) is 0 Å². The van der Waals surface area contributed by atoms with Gasteiger partial charge in [-0.2, -0.15) is 17.0 Å². The molecule has 2 fully saturated rings. The Morgan fingerprint density at radius 1 is 1.20 bits per heavy atom. The summed E-state index contributed by atoms with van der Waals surface area (Å²) < 4.78 is 27.6. The van der Waals surface area contributed by atoms with Gasteiger partial charge in [-0.3, -0.25) is 4.79 Å². The smallest absolute Gasteiger partial charge is 0.281 e. The predicted octanol–water partition coefficient (Wildman–Crippen LogP) is 1.73. The van der Waals surface area contributed by atoms with E-state index in [9.17, 15) is 13.2 Å². The van der Waals surface area contributed by atoms with Crippen molar-refractivity contribution in [1.82, 2.24) is 13.5 Å². The average Bonchev–Trinajstić information content (AvgIpc) is 2.60. The molecule has 2 heterocycles. The van der Waals surface area contributed by atoms with E-state index in [1.54, 1.807) is 18.4 Å². The van der Waals surface area contributed by atoms with Gasteiger partial charge >= 0.3 is 0 Å². The first-order chi connectivity index (χ1) is 11.8. The molecule has 0 aliphatic carbocycles. The minimum Gasteiger partial charge on any atom is -0.335 e. The largest absolute Gasteiger partial charge is 0.335 e. The molecule has 25 heavy (non-hydrogen) atoms. The van der Waals surface area contributed by atoms with Gasteiger partial charge in [-0.25, -0.2) is 0 Å². The molecule has 1 amide bonds. The quantitative estimate of drug-likeness (QED) is 0.820. The fraction of sp³-hybridized carbons (Fsp3) is 0.611. The Bertz CT molecular complexity index is 748. The summed E-state index contributed by atoms with van der Waals surface area (Å²) in [6, 6.07) is 7.83. The van der Waals surface area contributed by atoms with Crippen LogP contribution in [-0.4, -0.2) is 67.6 Å². The molecule has 0 unspecified atom stereocenters. The van der Waals surface area contributed by atoms with Crippen LogP contribution in [0, 0.1) is 12.8 Å². The van der Waals surface area contributed by atoms with E-state index in [0.29, 0.717) is 19.5 Å². The van der Waals surface area contributed by atoms with E-state index < -0.39 is 10.2 Å². The van der Waals surface area contributed by atoms with Crippen LogP contribution in [-0.2, 0) is 10.2 Å². The minimum absolute atomic E-state index is 0.0716. The maximum atomic E-state index is 13.0. The monoisotopic (exact) mass is 365 g/mol. The van der Waals surface area contributed by atoms with Crippen molar-refractivity contribution >= 4 is 16.1 Å². The van der Waals surface area contributed by atoms with Gasteiger partial charge in [-0.1, -0.05) is 17.7 Å². The number of carbonyl (C=O) groups is 1. The van der Waals surface area contributed by atoms with Crippen LogP contribution in [0.25, 0.3) is 0 Å². The van der Waals surface area contributed by atoms with Gasteiger partial charge in [0.25, 0.3) is 16.1 Å². The molecule has 7 heteroatoms. The Hall–Kier alpha value is -1.44. The number of rotatable bonds is 3. The first-order valence-corrected chi connectivity index (χ1v) is 10.3. The zero-order chi connectivity index (χ0) is 18.2. The Balaban J connectivity index is 1.77. The van der Waals surface area contributed by atoms with E-state index in [0.717, 1.165) is 30.5 Å². The molecule has 0 bridgehead atoms. The standard InChI is InChI=1S/C18H27N3O3S/c1-14-6-4-7-15(12-14)18(22)21-10-5-8-16-13-20(11-9-17(16)21)25(23,24)19(2)3/h4,6-7,12,16-17H,5,8-11,13H2,1-3H3/t16-,17+/m1/s1. The van der Waals surface area contributed by atoms with Crippen molar-refractivity contribution in [2.75, 3.05) is 33.7 Å². The Labute approximate surface area is 150 Å². The van der Waals surface area contributed by atoms with Crippen LogP contribution in [0.3, 0.4) is 0 Å². The summed E-state index contributed by atoms with van der Waals surface area (Å²) in [5.74, 6) is 0.285. The Kier molecular flexibility index (Phi) is 5.18. The number of aryl methyl sites for hydroxylation is 1. The van der Waals surface area contributed by atoms with Crippen LogP contribution in [0.15, 0.2) is 24.3 Å². The minimum atomic E-state index is -3.38. The first-order valence-electron chi connectivity index (χ1n) is 8.86. The lowest BCUT2D eigenvalue weighted by Crippen LogP contribution is -2.57. The number of hydrogen-bond acceptors (Lipinski definition) is 3. The molecule has 2 aliphatic heterocycles. The van der Waals surface area contributed by atoms with Gasteiger partial charge in [0, 0.05) is 45.3 Å². The molecule has 1 aromatic rings. The molecular formula is C18H27N3O3S. The SMILES string of the molecule is Cc1cccc(C(=O)N2CCC[C@@H]3CN(S(=O)(=O)N(C)C)CC[C@@H]32)c1. The average molecular weight is 365 g/mol. The molecule has 2 aliphatic rings. The molecule has 0 radical (unpaired) electrons. The lowest BCUT2D eigenvalue weighted by atomic mass is 9.84. The van der Waals surface area contributed by atoms with E-state index in [1.807, 2.05) is 36.1 Å². The van der Waals surface area contributed by atoms with Gasteiger partial charge in [0.1, 0.15) is 0 Å². The molecule has 0 spiro atoms. The highest BCUT2D eigenvalue weighted by molar-refractivity contribution is 7.86. The third-order valence-electron chi connectivity index (χ3n) is 5.34. The molecule has 0 aromatic heterocycles. The summed E-state index contributed by atoms with van der Waals surface area (Å²) in [5, 5.41) is 0. The lowest BCUT2D eigenvalue weighted by molar-refractivity contribution is 0.0329. The van der Waals surface area contributed by atoms with Crippen molar-refractivity contribution in [3.8, 4) is 0 Å². The van der Waals surface area contributed by atoms with Crippen molar-refractivity contribution in [3.05, 3.63) is 35.4 Å². The number of benzene rings is 1. The third-order valence-corrected chi connectivity index (χ3v) is 7.25. The lowest BCUT2D eigenvalue weighted by Gasteiger charge is -2.47. The number of carbonyl (C=O) groups excluding carboxylic acids is 1. The summed E-state index contributed by atoms with van der Waals surface area (Å²) in [7, 11) is -0.252. The summed E-state index contributed by atoms with van der Waals surface area (Å²) in [6.45, 7) is 3.72. The van der Waals surface area contributed by atoms with Gasteiger partial charge in [0.15, 0.2) is 0 Å². The molecule has 0 saturated carbocycles. The van der Waals surface area contributed by atoms with Crippen LogP contribution >= 0.6 is 0 Å². The summed E-state index contributed by atoms with van der Waals surface area (Å²) in [6.07, 6.45) is 2.60. The molecule has 3 rings (SSSR count). The Morgan fingerprint density at radius 2 is 1.96 bits per heavy atom. The van der Waals surface area contributed by atoms with Crippen molar-refractivity contribution < 1.29 is 13.2 Å². The number of piperidine rings is 2. The molecular weight excluding hydrogens is 338 g/mol. The van der Waals surface area contributed by atoms with E-state index in [-0.39, 0.29) is 17.9 Å². The van der Waals surface area contributed by atoms with Crippen molar-refractivity contribution in [1.29, 1.82) is 0 Å². The molecule has 2 saturated heterocycles. The van der Waals surface area contributed by atoms with E-state index in [4.69, 9.17) is 0 Å². The molecule has 6 nitrogen and oxygen atoms in total. The highest BCUT2D eigenvalue weighted by atomic mass is 32.2. The maximum absolute atomic E-state index is 13.0. The van der Waals surface area contributed by atoms with Crippen LogP contribution < -0.4 is 0 Å². The van der Waals surface area contributed by atoms with E-state index >= 15 is 0 Å². The second-order valence-corrected chi connectivity index (χ2v) is 9.42. The number of likely N-dealkylation sites (tertiary alicyclic amines) is 1. The highest BCUT2D eigenvalue weighted by Crippen LogP contribution is 2.33. The van der Waals surface area contributed by atoms with Crippen molar-refractivity contribution in [3.63, 3.8) is 0 Å². The Morgan fingerprint density at radius 3 is 2.64 bits per heavy atom. The van der Waals surface area contributed by atoms with Crippen molar-refractivity contribution in [2.45, 2.75) is 32.2 Å². The van der Waals surface area contributed by atoms with Gasteiger partial charge in [-0.05, 0) is 44.2 Å². The maximum Gasteiger partial charge on any atom is 0.281 e. The second kappa shape index (κ2) is 7.05. The zero-order valence-electron chi connectivity index (χ0n) is 15.2. The van der Waals surface area contributed by atoms with Gasteiger partial charge in [0.05, 0.1) is 0 Å². The summed E-state index contributed by atoms with van der Waals surface area (Å²) >= 11 is 0. The molecule has 138 valence electrons. The predicted molar refractivity (Wildman–Crippen MR) is 97.5 cm³/mol. The number of hydrogen-bond donors (Lipinski definition) is 0. The zero-order valence-corrected chi connectivity index (χ0v) is 16.0. The summed E-state index contributed by atoms with van der Waals surface area (Å²) in [4.78, 5) is 15.0. The normalized spacial score (nSPS) is 25.0. The van der Waals surface area contributed by atoms with Crippen LogP contribution in [0.2, 0.25) is 0 Å². The summed E-state index contributed by atoms with van der Waals surface area (Å²) in [5.41, 5.74) is 1.80. The highest BCUT2D eigenvalue weighted by Gasteiger charge is 2.41. The fourth-order valence-electron chi connectivity index (χ4n) is 4.01. The van der Waals surface area contributed by atoms with E-state index in [1.165, 1.54) is 4.31 Å². The number of nitrogens with zero attached hydrogens (tertiary/aromatic N) is 3. The fourth-order valence-corrected chi connectivity index (χ4v) is 5.18. The van der Waals surface area contributed by atoms with Crippen LogP contribution in [0.5, 0.6) is 0 Å². The van der Waals surface area contributed by atoms with Crippen molar-refractivity contribution in [2.24, 2.45) is 5.92 Å². The number of amides is 1. The van der Waals surface area contributed by atoms with Crippen LogP contribution in [0.1, 0.15) is 35.2 Å². The van der Waals surface area contributed by atoms with Gasteiger partial charge in [-0.15, -0.1) is 0 Å². The first kappa shape index (κ1) is 18.4. The molecule has 2 atom stereocenters. The van der Waals surface area contributed by atoms with E-state index in [2.05, 4.69) is 0 Å². The van der Waals surface area contributed by atoms with Gasteiger partial charge < -0.3 is 4.90 Å². The molecule has 0 N–H and O–H groups in total. The topological polar surface area (TPSA) is 60.9 Å². The number of fused-ring (bicyclic) bond motifs is 1. The second-order valence-electron chi connectivity index (χ2n) is 7.27. The molecule has 1 aromatic carbocycles. The third kappa shape index (κ3) is 3.59.